The van der Waals surface area contributed by atoms with Crippen molar-refractivity contribution in [2.45, 2.75) is 6.92 Å². The molecule has 0 saturated heterocycles. The third-order valence-corrected chi connectivity index (χ3v) is 5.88. The van der Waals surface area contributed by atoms with Gasteiger partial charge in [0.25, 0.3) is 11.8 Å². The monoisotopic (exact) mass is 425 g/mol. The predicted octanol–water partition coefficient (Wildman–Crippen LogP) is 3.15. The molecule has 0 spiro atoms. The number of para-hydroxylation sites is 1. The van der Waals surface area contributed by atoms with Crippen molar-refractivity contribution in [2.24, 2.45) is 0 Å². The zero-order valence-corrected chi connectivity index (χ0v) is 16.8. The molecule has 0 saturated carbocycles. The van der Waals surface area contributed by atoms with Crippen LogP contribution in [0.2, 0.25) is 0 Å². The summed E-state index contributed by atoms with van der Waals surface area (Å²) in [5, 5.41) is 18.7. The van der Waals surface area contributed by atoms with Gasteiger partial charge in [-0.1, -0.05) is 18.2 Å². The maximum Gasteiger partial charge on any atom is 0.294 e. The van der Waals surface area contributed by atoms with Crippen LogP contribution >= 0.6 is 22.7 Å². The maximum absolute atomic E-state index is 12.5. The minimum absolute atomic E-state index is 0.200. The van der Waals surface area contributed by atoms with E-state index in [1.165, 1.54) is 22.2 Å². The molecule has 4 rings (SSSR count). The van der Waals surface area contributed by atoms with Crippen molar-refractivity contribution < 1.29 is 14.7 Å². The number of carbonyl (C=O) groups is 2. The number of aromatic nitrogens is 3. The van der Waals surface area contributed by atoms with Crippen LogP contribution in [0, 0.1) is 6.92 Å². The lowest BCUT2D eigenvalue weighted by molar-refractivity contribution is 0.0843. The van der Waals surface area contributed by atoms with Crippen molar-refractivity contribution in [1.82, 2.24) is 25.6 Å². The van der Waals surface area contributed by atoms with E-state index in [0.29, 0.717) is 16.3 Å². The Labute approximate surface area is 173 Å². The Morgan fingerprint density at radius 3 is 2.59 bits per heavy atom. The molecule has 10 heteroatoms. The fraction of sp³-hybridized carbons (Fsp3) is 0.0526. The molecule has 0 radical (unpaired) electrons. The van der Waals surface area contributed by atoms with Crippen LogP contribution < -0.4 is 10.9 Å². The smallest absolute Gasteiger partial charge is 0.294 e. The van der Waals surface area contributed by atoms with Crippen LogP contribution in [-0.2, 0) is 0 Å². The number of rotatable bonds is 4. The third kappa shape index (κ3) is 3.89. The molecule has 3 N–H and O–H groups in total. The van der Waals surface area contributed by atoms with E-state index in [-0.39, 0.29) is 11.4 Å². The van der Waals surface area contributed by atoms with Gasteiger partial charge < -0.3 is 5.11 Å². The van der Waals surface area contributed by atoms with E-state index in [0.717, 1.165) is 10.6 Å². The summed E-state index contributed by atoms with van der Waals surface area (Å²) in [5.41, 5.74) is 6.63. The molecule has 4 aromatic rings. The Bertz CT molecular complexity index is 1170. The number of hydrogen-bond donors (Lipinski definition) is 3. The topological polar surface area (TPSA) is 109 Å². The standard InChI is InChI=1S/C19H15N5O3S2/c1-11-16(29-19(20-11)12-7-8-28-10-12)18(27)22-21-17(26)15-14(25)9-24(23-15)13-5-3-2-4-6-13/h2-10,25H,1H3,(H,21,26)(H,22,27). The Morgan fingerprint density at radius 1 is 1.10 bits per heavy atom. The normalized spacial score (nSPS) is 10.7. The van der Waals surface area contributed by atoms with Crippen molar-refractivity contribution in [3.05, 3.63) is 69.6 Å². The number of aromatic hydroxyl groups is 1. The molecule has 0 unspecified atom stereocenters. The molecule has 3 aromatic heterocycles. The second kappa shape index (κ2) is 7.86. The van der Waals surface area contributed by atoms with Crippen LogP contribution in [0.5, 0.6) is 5.75 Å². The number of nitrogens with zero attached hydrogens (tertiary/aromatic N) is 3. The largest absolute Gasteiger partial charge is 0.504 e. The summed E-state index contributed by atoms with van der Waals surface area (Å²) in [6.07, 6.45) is 1.33. The number of amides is 2. The van der Waals surface area contributed by atoms with Crippen LogP contribution in [0.1, 0.15) is 25.9 Å². The van der Waals surface area contributed by atoms with Gasteiger partial charge in [-0.05, 0) is 30.5 Å². The summed E-state index contributed by atoms with van der Waals surface area (Å²) in [6, 6.07) is 11.0. The summed E-state index contributed by atoms with van der Waals surface area (Å²) >= 11 is 2.79. The third-order valence-electron chi connectivity index (χ3n) is 3.99. The Hall–Kier alpha value is -3.50. The minimum Gasteiger partial charge on any atom is -0.504 e. The average molecular weight is 425 g/mol. The number of thiophene rings is 1. The predicted molar refractivity (Wildman–Crippen MR) is 110 cm³/mol. The van der Waals surface area contributed by atoms with E-state index in [1.54, 1.807) is 30.4 Å². The molecule has 0 fully saturated rings. The highest BCUT2D eigenvalue weighted by molar-refractivity contribution is 7.17. The van der Waals surface area contributed by atoms with E-state index in [2.05, 4.69) is 20.9 Å². The number of hydrogen-bond acceptors (Lipinski definition) is 7. The molecule has 0 aliphatic carbocycles. The second-order valence-corrected chi connectivity index (χ2v) is 7.78. The first-order valence-electron chi connectivity index (χ1n) is 8.47. The number of benzene rings is 1. The van der Waals surface area contributed by atoms with Gasteiger partial charge in [-0.2, -0.15) is 16.4 Å². The van der Waals surface area contributed by atoms with Crippen molar-refractivity contribution in [1.29, 1.82) is 0 Å². The Kier molecular flexibility index (Phi) is 5.10. The SMILES string of the molecule is Cc1nc(-c2ccsc2)sc1C(=O)NNC(=O)c1nn(-c2ccccc2)cc1O. The highest BCUT2D eigenvalue weighted by atomic mass is 32.1. The quantitative estimate of drug-likeness (QED) is 0.435. The molecular formula is C19H15N5O3S2. The molecule has 29 heavy (non-hydrogen) atoms. The number of thiazole rings is 1. The van der Waals surface area contributed by atoms with Gasteiger partial charge in [0, 0.05) is 10.9 Å². The van der Waals surface area contributed by atoms with Gasteiger partial charge in [0.1, 0.15) is 9.88 Å². The maximum atomic E-state index is 12.5. The first-order chi connectivity index (χ1) is 14.0. The van der Waals surface area contributed by atoms with E-state index >= 15 is 0 Å². The fourth-order valence-electron chi connectivity index (χ4n) is 2.59. The molecule has 0 bridgehead atoms. The molecular weight excluding hydrogens is 410 g/mol. The lowest BCUT2D eigenvalue weighted by atomic mass is 10.3. The van der Waals surface area contributed by atoms with Gasteiger partial charge in [0.15, 0.2) is 11.4 Å². The molecule has 0 aliphatic rings. The minimum atomic E-state index is -0.731. The fourth-order valence-corrected chi connectivity index (χ4v) is 4.26. The van der Waals surface area contributed by atoms with E-state index in [9.17, 15) is 14.7 Å². The zero-order valence-electron chi connectivity index (χ0n) is 15.1. The molecule has 0 aliphatic heterocycles. The van der Waals surface area contributed by atoms with Gasteiger partial charge in [0.2, 0.25) is 0 Å². The van der Waals surface area contributed by atoms with E-state index in [1.807, 2.05) is 35.0 Å². The Balaban J connectivity index is 1.45. The summed E-state index contributed by atoms with van der Waals surface area (Å²) in [4.78, 5) is 29.6. The molecule has 3 heterocycles. The average Bonchev–Trinajstić information content (AvgIpc) is 3.46. The summed E-state index contributed by atoms with van der Waals surface area (Å²) < 4.78 is 1.38. The number of hydrazine groups is 1. The van der Waals surface area contributed by atoms with Crippen molar-refractivity contribution in [3.8, 4) is 22.0 Å². The van der Waals surface area contributed by atoms with Crippen molar-refractivity contribution in [3.63, 3.8) is 0 Å². The van der Waals surface area contributed by atoms with Crippen LogP contribution in [-0.4, -0.2) is 31.7 Å². The van der Waals surface area contributed by atoms with Crippen LogP contribution in [0.15, 0.2) is 53.4 Å². The first-order valence-corrected chi connectivity index (χ1v) is 10.2. The van der Waals surface area contributed by atoms with E-state index in [4.69, 9.17) is 0 Å². The van der Waals surface area contributed by atoms with E-state index < -0.39 is 11.8 Å². The first kappa shape index (κ1) is 18.8. The lowest BCUT2D eigenvalue weighted by Gasteiger charge is -2.05. The highest BCUT2D eigenvalue weighted by Gasteiger charge is 2.20. The van der Waals surface area contributed by atoms with Crippen molar-refractivity contribution in [2.75, 3.05) is 0 Å². The molecule has 146 valence electrons. The molecule has 2 amide bonds. The highest BCUT2D eigenvalue weighted by Crippen LogP contribution is 2.29. The number of nitrogens with one attached hydrogen (secondary N) is 2. The number of carbonyl (C=O) groups excluding carboxylic acids is 2. The number of aryl methyl sites for hydroxylation is 1. The lowest BCUT2D eigenvalue weighted by Crippen LogP contribution is -2.41. The van der Waals surface area contributed by atoms with Crippen LogP contribution in [0.4, 0.5) is 0 Å². The zero-order chi connectivity index (χ0) is 20.4. The summed E-state index contributed by atoms with van der Waals surface area (Å²) in [5.74, 6) is -1.52. The summed E-state index contributed by atoms with van der Waals surface area (Å²) in [6.45, 7) is 1.73. The molecule has 1 aromatic carbocycles. The van der Waals surface area contributed by atoms with Gasteiger partial charge >= 0.3 is 0 Å². The van der Waals surface area contributed by atoms with Gasteiger partial charge in [-0.3, -0.25) is 20.4 Å². The summed E-state index contributed by atoms with van der Waals surface area (Å²) in [7, 11) is 0. The van der Waals surface area contributed by atoms with Crippen LogP contribution in [0.3, 0.4) is 0 Å². The Morgan fingerprint density at radius 2 is 1.86 bits per heavy atom. The second-order valence-electron chi connectivity index (χ2n) is 6.00. The molecule has 8 nitrogen and oxygen atoms in total. The molecule has 0 atom stereocenters. The van der Waals surface area contributed by atoms with Crippen LogP contribution in [0.25, 0.3) is 16.3 Å². The van der Waals surface area contributed by atoms with Gasteiger partial charge in [-0.25, -0.2) is 9.67 Å². The van der Waals surface area contributed by atoms with Gasteiger partial charge in [-0.15, -0.1) is 11.3 Å². The van der Waals surface area contributed by atoms with Crippen molar-refractivity contribution >= 4 is 34.5 Å². The van der Waals surface area contributed by atoms with Gasteiger partial charge in [0.05, 0.1) is 17.6 Å².